The molecule has 21 heavy (non-hydrogen) atoms. The van der Waals surface area contributed by atoms with Crippen LogP contribution in [0.3, 0.4) is 0 Å². The third-order valence-corrected chi connectivity index (χ3v) is 3.56. The van der Waals surface area contributed by atoms with Crippen LogP contribution >= 0.6 is 15.9 Å². The molecule has 2 aromatic carbocycles. The molecular formula is C16H15BrN4. The van der Waals surface area contributed by atoms with E-state index in [-0.39, 0.29) is 0 Å². The third-order valence-electron chi connectivity index (χ3n) is 3.07. The molecule has 1 heterocycles. The maximum atomic E-state index is 4.41. The summed E-state index contributed by atoms with van der Waals surface area (Å²) in [5.41, 5.74) is 1.01. The molecule has 0 spiro atoms. The summed E-state index contributed by atoms with van der Waals surface area (Å²) in [4.78, 5) is 8.57. The van der Waals surface area contributed by atoms with Crippen LogP contribution in [0, 0.1) is 0 Å². The predicted molar refractivity (Wildman–Crippen MR) is 91.1 cm³/mol. The van der Waals surface area contributed by atoms with E-state index in [1.54, 1.807) is 6.20 Å². The minimum atomic E-state index is 0.632. The number of hydrogen-bond acceptors (Lipinski definition) is 4. The Morgan fingerprint density at radius 3 is 2.71 bits per heavy atom. The highest BCUT2D eigenvalue weighted by atomic mass is 79.9. The van der Waals surface area contributed by atoms with Gasteiger partial charge < -0.3 is 10.6 Å². The molecule has 0 atom stereocenters. The molecule has 3 rings (SSSR count). The van der Waals surface area contributed by atoms with Crippen molar-refractivity contribution in [2.45, 2.75) is 6.92 Å². The Hall–Kier alpha value is -2.14. The standard InChI is InChI=1S/C16H15BrN4/c1-2-18-16-19-8-7-15(21-16)20-14-6-4-11-9-13(17)5-3-12(11)10-14/h3-10H,2H2,1H3,(H2,18,19,20,21). The molecule has 0 amide bonds. The number of nitrogens with one attached hydrogen (secondary N) is 2. The Kier molecular flexibility index (Phi) is 4.01. The van der Waals surface area contributed by atoms with E-state index in [2.05, 4.69) is 60.8 Å². The molecule has 5 heteroatoms. The van der Waals surface area contributed by atoms with E-state index in [1.165, 1.54) is 10.8 Å². The molecule has 2 N–H and O–H groups in total. The van der Waals surface area contributed by atoms with Gasteiger partial charge in [0.25, 0.3) is 0 Å². The van der Waals surface area contributed by atoms with Gasteiger partial charge in [0.1, 0.15) is 5.82 Å². The molecule has 0 unspecified atom stereocenters. The molecule has 1 aromatic heterocycles. The van der Waals surface area contributed by atoms with Crippen molar-refractivity contribution < 1.29 is 0 Å². The Balaban J connectivity index is 1.87. The zero-order valence-electron chi connectivity index (χ0n) is 11.6. The first-order valence-corrected chi connectivity index (χ1v) is 7.57. The molecule has 4 nitrogen and oxygen atoms in total. The van der Waals surface area contributed by atoms with Crippen molar-refractivity contribution in [1.82, 2.24) is 9.97 Å². The number of benzene rings is 2. The number of hydrogen-bond donors (Lipinski definition) is 2. The summed E-state index contributed by atoms with van der Waals surface area (Å²) in [6.07, 6.45) is 1.74. The van der Waals surface area contributed by atoms with Crippen LogP contribution in [-0.2, 0) is 0 Å². The Morgan fingerprint density at radius 2 is 1.86 bits per heavy atom. The van der Waals surface area contributed by atoms with Gasteiger partial charge in [-0.2, -0.15) is 4.98 Å². The molecule has 0 aliphatic carbocycles. The maximum absolute atomic E-state index is 4.41. The van der Waals surface area contributed by atoms with Crippen molar-refractivity contribution in [3.05, 3.63) is 53.1 Å². The minimum absolute atomic E-state index is 0.632. The highest BCUT2D eigenvalue weighted by Gasteiger charge is 2.01. The molecule has 0 radical (unpaired) electrons. The molecule has 0 aliphatic rings. The quantitative estimate of drug-likeness (QED) is 0.729. The third kappa shape index (κ3) is 3.31. The van der Waals surface area contributed by atoms with Gasteiger partial charge in [-0.05, 0) is 48.0 Å². The second kappa shape index (κ2) is 6.10. The van der Waals surface area contributed by atoms with Crippen molar-refractivity contribution in [2.75, 3.05) is 17.2 Å². The topological polar surface area (TPSA) is 49.8 Å². The first-order valence-electron chi connectivity index (χ1n) is 6.78. The number of anilines is 3. The van der Waals surface area contributed by atoms with Crippen molar-refractivity contribution in [3.63, 3.8) is 0 Å². The van der Waals surface area contributed by atoms with Crippen LogP contribution in [0.15, 0.2) is 53.1 Å². The fourth-order valence-corrected chi connectivity index (χ4v) is 2.49. The van der Waals surface area contributed by atoms with Crippen molar-refractivity contribution in [2.24, 2.45) is 0 Å². The number of aromatic nitrogens is 2. The predicted octanol–water partition coefficient (Wildman–Crippen LogP) is 4.57. The lowest BCUT2D eigenvalue weighted by Gasteiger charge is -2.08. The van der Waals surface area contributed by atoms with Gasteiger partial charge >= 0.3 is 0 Å². The zero-order chi connectivity index (χ0) is 14.7. The van der Waals surface area contributed by atoms with E-state index in [4.69, 9.17) is 0 Å². The van der Waals surface area contributed by atoms with Crippen molar-refractivity contribution >= 4 is 44.2 Å². The summed E-state index contributed by atoms with van der Waals surface area (Å²) in [6, 6.07) is 14.3. The lowest BCUT2D eigenvalue weighted by atomic mass is 10.1. The monoisotopic (exact) mass is 342 g/mol. The van der Waals surface area contributed by atoms with Crippen LogP contribution in [0.1, 0.15) is 6.92 Å². The average Bonchev–Trinajstić information content (AvgIpc) is 2.48. The van der Waals surface area contributed by atoms with Gasteiger partial charge in [-0.1, -0.05) is 28.1 Å². The van der Waals surface area contributed by atoms with E-state index >= 15 is 0 Å². The summed E-state index contributed by atoms with van der Waals surface area (Å²) >= 11 is 3.49. The number of nitrogens with zero attached hydrogens (tertiary/aromatic N) is 2. The Bertz CT molecular complexity index is 773. The second-order valence-electron chi connectivity index (χ2n) is 4.63. The van der Waals surface area contributed by atoms with Crippen LogP contribution in [0.4, 0.5) is 17.5 Å². The van der Waals surface area contributed by atoms with E-state index < -0.39 is 0 Å². The maximum Gasteiger partial charge on any atom is 0.224 e. The summed E-state index contributed by atoms with van der Waals surface area (Å²) < 4.78 is 1.08. The molecule has 0 aliphatic heterocycles. The van der Waals surface area contributed by atoms with Crippen LogP contribution in [-0.4, -0.2) is 16.5 Å². The van der Waals surface area contributed by atoms with Gasteiger partial charge in [0, 0.05) is 22.9 Å². The second-order valence-corrected chi connectivity index (χ2v) is 5.54. The van der Waals surface area contributed by atoms with Gasteiger partial charge in [-0.25, -0.2) is 4.98 Å². The van der Waals surface area contributed by atoms with Crippen LogP contribution in [0.2, 0.25) is 0 Å². The SMILES string of the molecule is CCNc1nccc(Nc2ccc3cc(Br)ccc3c2)n1. The van der Waals surface area contributed by atoms with Crippen molar-refractivity contribution in [3.8, 4) is 0 Å². The van der Waals surface area contributed by atoms with Gasteiger partial charge in [-0.15, -0.1) is 0 Å². The molecule has 0 bridgehead atoms. The van der Waals surface area contributed by atoms with Gasteiger partial charge in [0.2, 0.25) is 5.95 Å². The molecule has 0 saturated heterocycles. The number of fused-ring (bicyclic) bond motifs is 1. The summed E-state index contributed by atoms with van der Waals surface area (Å²) in [5, 5.41) is 8.79. The molecule has 3 aromatic rings. The lowest BCUT2D eigenvalue weighted by Crippen LogP contribution is -2.03. The fourth-order valence-electron chi connectivity index (χ4n) is 2.11. The summed E-state index contributed by atoms with van der Waals surface area (Å²) in [5.74, 6) is 1.41. The Labute approximate surface area is 131 Å². The average molecular weight is 343 g/mol. The molecule has 106 valence electrons. The van der Waals surface area contributed by atoms with Crippen LogP contribution < -0.4 is 10.6 Å². The zero-order valence-corrected chi connectivity index (χ0v) is 13.2. The smallest absolute Gasteiger partial charge is 0.224 e. The largest absolute Gasteiger partial charge is 0.354 e. The van der Waals surface area contributed by atoms with Gasteiger partial charge in [-0.3, -0.25) is 0 Å². The molecule has 0 fully saturated rings. The summed E-state index contributed by atoms with van der Waals surface area (Å²) in [7, 11) is 0. The molecule has 0 saturated carbocycles. The lowest BCUT2D eigenvalue weighted by molar-refractivity contribution is 1.09. The highest BCUT2D eigenvalue weighted by Crippen LogP contribution is 2.24. The first kappa shape index (κ1) is 13.8. The Morgan fingerprint density at radius 1 is 1.05 bits per heavy atom. The summed E-state index contributed by atoms with van der Waals surface area (Å²) in [6.45, 7) is 2.82. The highest BCUT2D eigenvalue weighted by molar-refractivity contribution is 9.10. The molecular weight excluding hydrogens is 328 g/mol. The minimum Gasteiger partial charge on any atom is -0.354 e. The first-order chi connectivity index (χ1) is 10.2. The van der Waals surface area contributed by atoms with E-state index in [1.807, 2.05) is 25.1 Å². The van der Waals surface area contributed by atoms with Crippen LogP contribution in [0.5, 0.6) is 0 Å². The van der Waals surface area contributed by atoms with Crippen molar-refractivity contribution in [1.29, 1.82) is 0 Å². The number of rotatable bonds is 4. The van der Waals surface area contributed by atoms with E-state index in [0.717, 1.165) is 22.5 Å². The van der Waals surface area contributed by atoms with Crippen LogP contribution in [0.25, 0.3) is 10.8 Å². The van der Waals surface area contributed by atoms with E-state index in [0.29, 0.717) is 5.95 Å². The van der Waals surface area contributed by atoms with Gasteiger partial charge in [0.15, 0.2) is 0 Å². The fraction of sp³-hybridized carbons (Fsp3) is 0.125. The number of halogens is 1. The van der Waals surface area contributed by atoms with E-state index in [9.17, 15) is 0 Å². The van der Waals surface area contributed by atoms with Gasteiger partial charge in [0.05, 0.1) is 0 Å². The normalized spacial score (nSPS) is 10.6.